The number of carbonyl (C=O) groups excluding carboxylic acids is 4. The van der Waals surface area contributed by atoms with Gasteiger partial charge in [0.1, 0.15) is 5.25 Å². The summed E-state index contributed by atoms with van der Waals surface area (Å²) in [5.74, 6) is -1.92. The fourth-order valence-electron chi connectivity index (χ4n) is 2.58. The Morgan fingerprint density at radius 1 is 1.13 bits per heavy atom. The van der Waals surface area contributed by atoms with Crippen molar-refractivity contribution in [3.8, 4) is 0 Å². The number of benzene rings is 2. The molecular formula is C20H16ClN3O5S. The monoisotopic (exact) mass is 445 g/mol. The molecule has 1 heterocycles. The second-order valence-corrected chi connectivity index (χ2v) is 7.83. The van der Waals surface area contributed by atoms with Crippen LogP contribution in [0.3, 0.4) is 0 Å². The minimum atomic E-state index is -0.686. The molecule has 3 rings (SSSR count). The number of hydrogen-bond donors (Lipinski definition) is 2. The molecule has 2 aromatic rings. The summed E-state index contributed by atoms with van der Waals surface area (Å²) >= 11 is 7.00. The average molecular weight is 446 g/mol. The molecule has 30 heavy (non-hydrogen) atoms. The van der Waals surface area contributed by atoms with Crippen molar-refractivity contribution in [2.24, 2.45) is 10.7 Å². The van der Waals surface area contributed by atoms with Gasteiger partial charge in [0.15, 0.2) is 11.8 Å². The van der Waals surface area contributed by atoms with Crippen LogP contribution in [0.1, 0.15) is 27.1 Å². The highest BCUT2D eigenvalue weighted by Crippen LogP contribution is 2.23. The van der Waals surface area contributed by atoms with Gasteiger partial charge >= 0.3 is 5.97 Å². The lowest BCUT2D eigenvalue weighted by Crippen LogP contribution is -2.21. The van der Waals surface area contributed by atoms with Gasteiger partial charge < -0.3 is 15.8 Å². The van der Waals surface area contributed by atoms with Crippen molar-refractivity contribution in [1.29, 1.82) is 0 Å². The van der Waals surface area contributed by atoms with Crippen LogP contribution in [0.4, 0.5) is 5.69 Å². The van der Waals surface area contributed by atoms with Crippen molar-refractivity contribution in [3.63, 3.8) is 0 Å². The molecule has 0 aromatic heterocycles. The average Bonchev–Trinajstić information content (AvgIpc) is 3.03. The number of thioether (sulfide) groups is 1. The molecule has 0 aliphatic carbocycles. The van der Waals surface area contributed by atoms with E-state index in [4.69, 9.17) is 22.1 Å². The Kier molecular flexibility index (Phi) is 6.86. The molecule has 10 heteroatoms. The van der Waals surface area contributed by atoms with E-state index in [-0.39, 0.29) is 33.6 Å². The van der Waals surface area contributed by atoms with Crippen molar-refractivity contribution in [3.05, 3.63) is 64.7 Å². The number of rotatable bonds is 7. The summed E-state index contributed by atoms with van der Waals surface area (Å²) in [7, 11) is 0. The maximum Gasteiger partial charge on any atom is 0.338 e. The summed E-state index contributed by atoms with van der Waals surface area (Å²) in [4.78, 5) is 51.4. The predicted molar refractivity (Wildman–Crippen MR) is 114 cm³/mol. The number of carbonyl (C=O) groups is 4. The van der Waals surface area contributed by atoms with Gasteiger partial charge in [0.25, 0.3) is 5.91 Å². The van der Waals surface area contributed by atoms with Crippen LogP contribution in [-0.4, -0.2) is 40.6 Å². The summed E-state index contributed by atoms with van der Waals surface area (Å²) < 4.78 is 5.03. The van der Waals surface area contributed by atoms with Gasteiger partial charge in [-0.25, -0.2) is 4.79 Å². The number of nitrogens with one attached hydrogen (secondary N) is 1. The van der Waals surface area contributed by atoms with Crippen LogP contribution in [0, 0.1) is 0 Å². The molecule has 1 aliphatic rings. The zero-order valence-electron chi connectivity index (χ0n) is 15.5. The molecule has 1 atom stereocenters. The fraction of sp³-hybridized carbons (Fsp3) is 0.150. The highest BCUT2D eigenvalue weighted by molar-refractivity contribution is 8.15. The first-order valence-electron chi connectivity index (χ1n) is 8.73. The van der Waals surface area contributed by atoms with E-state index in [1.54, 1.807) is 24.3 Å². The number of nitrogens with zero attached hydrogens (tertiary/aromatic N) is 1. The quantitative estimate of drug-likeness (QED) is 0.495. The van der Waals surface area contributed by atoms with Gasteiger partial charge in [-0.05, 0) is 36.4 Å². The maximum absolute atomic E-state index is 12.1. The molecule has 0 spiro atoms. The third kappa shape index (κ3) is 5.46. The minimum Gasteiger partial charge on any atom is -0.454 e. The van der Waals surface area contributed by atoms with E-state index in [0.717, 1.165) is 11.8 Å². The van der Waals surface area contributed by atoms with Crippen LogP contribution in [0.15, 0.2) is 53.5 Å². The number of amides is 2. The summed E-state index contributed by atoms with van der Waals surface area (Å²) in [6.07, 6.45) is -0.0678. The Labute approximate surface area is 180 Å². The Morgan fingerprint density at radius 3 is 2.47 bits per heavy atom. The van der Waals surface area contributed by atoms with Gasteiger partial charge in [-0.1, -0.05) is 35.5 Å². The smallest absolute Gasteiger partial charge is 0.338 e. The number of nitrogens with two attached hydrogens (primary N) is 1. The molecule has 0 saturated carbocycles. The Bertz CT molecular complexity index is 1040. The Morgan fingerprint density at radius 2 is 1.83 bits per heavy atom. The van der Waals surface area contributed by atoms with E-state index in [1.807, 2.05) is 0 Å². The van der Waals surface area contributed by atoms with Crippen molar-refractivity contribution in [2.75, 3.05) is 11.9 Å². The van der Waals surface area contributed by atoms with Crippen LogP contribution in [0.25, 0.3) is 0 Å². The first-order chi connectivity index (χ1) is 14.3. The number of anilines is 1. The van der Waals surface area contributed by atoms with Gasteiger partial charge in [-0.2, -0.15) is 4.99 Å². The van der Waals surface area contributed by atoms with E-state index in [9.17, 15) is 19.2 Å². The number of Topliss-reactive ketones (excluding diaryl/α,β-unsaturated/α-hetero) is 1. The fourth-order valence-corrected chi connectivity index (χ4v) is 3.65. The first kappa shape index (κ1) is 21.5. The molecule has 8 nitrogen and oxygen atoms in total. The number of hydrogen-bond acceptors (Lipinski definition) is 7. The number of esters is 1. The molecule has 1 aliphatic heterocycles. The summed E-state index contributed by atoms with van der Waals surface area (Å²) in [6.45, 7) is -0.445. The zero-order chi connectivity index (χ0) is 21.7. The SMILES string of the molecule is NC1=NC(=O)[C@H](CC(=O)Nc2ccc(C(=O)OCC(=O)c3ccccc3Cl)cc2)S1. The zero-order valence-corrected chi connectivity index (χ0v) is 17.0. The number of aliphatic imine (C=N–C) groups is 1. The van der Waals surface area contributed by atoms with Gasteiger partial charge in [-0.15, -0.1) is 0 Å². The normalized spacial score (nSPS) is 15.4. The Hall–Kier alpha value is -3.17. The molecule has 2 amide bonds. The molecule has 0 bridgehead atoms. The van der Waals surface area contributed by atoms with Gasteiger partial charge in [0.2, 0.25) is 11.7 Å². The van der Waals surface area contributed by atoms with Crippen LogP contribution in [0.2, 0.25) is 5.02 Å². The molecule has 2 aromatic carbocycles. The summed E-state index contributed by atoms with van der Waals surface area (Å²) in [6, 6.07) is 12.4. The van der Waals surface area contributed by atoms with Gasteiger partial charge in [0, 0.05) is 17.7 Å². The van der Waals surface area contributed by atoms with E-state index >= 15 is 0 Å². The molecule has 0 saturated heterocycles. The molecular weight excluding hydrogens is 430 g/mol. The Balaban J connectivity index is 1.50. The lowest BCUT2D eigenvalue weighted by molar-refractivity contribution is -0.121. The lowest BCUT2D eigenvalue weighted by atomic mass is 10.1. The topological polar surface area (TPSA) is 128 Å². The van der Waals surface area contributed by atoms with E-state index in [2.05, 4.69) is 10.3 Å². The third-order valence-corrected chi connectivity index (χ3v) is 5.36. The van der Waals surface area contributed by atoms with Crippen LogP contribution < -0.4 is 11.1 Å². The standard InChI is InChI=1S/C20H16ClN3O5S/c21-14-4-2-1-3-13(14)15(25)10-29-19(28)11-5-7-12(8-6-11)23-17(26)9-16-18(27)24-20(22)30-16/h1-8,16H,9-10H2,(H,23,26)(H2,22,24,27)/t16-/m0/s1. The molecule has 0 radical (unpaired) electrons. The largest absolute Gasteiger partial charge is 0.454 e. The number of halogens is 1. The maximum atomic E-state index is 12.1. The molecule has 0 fully saturated rings. The van der Waals surface area contributed by atoms with Crippen molar-refractivity contribution < 1.29 is 23.9 Å². The highest BCUT2D eigenvalue weighted by Gasteiger charge is 2.29. The predicted octanol–water partition coefficient (Wildman–Crippen LogP) is 2.67. The lowest BCUT2D eigenvalue weighted by Gasteiger charge is -2.09. The number of ketones is 1. The van der Waals surface area contributed by atoms with Crippen LogP contribution in [0.5, 0.6) is 0 Å². The summed E-state index contributed by atoms with van der Waals surface area (Å²) in [5, 5.41) is 2.43. The van der Waals surface area contributed by atoms with Crippen molar-refractivity contribution in [2.45, 2.75) is 11.7 Å². The molecule has 154 valence electrons. The first-order valence-corrected chi connectivity index (χ1v) is 9.98. The number of amidine groups is 1. The highest BCUT2D eigenvalue weighted by atomic mass is 35.5. The van der Waals surface area contributed by atoms with E-state index in [1.165, 1.54) is 24.3 Å². The van der Waals surface area contributed by atoms with Crippen molar-refractivity contribution in [1.82, 2.24) is 0 Å². The minimum absolute atomic E-state index is 0.0678. The molecule has 3 N–H and O–H groups in total. The molecule has 0 unspecified atom stereocenters. The van der Waals surface area contributed by atoms with Gasteiger partial charge in [-0.3, -0.25) is 14.4 Å². The second-order valence-electron chi connectivity index (χ2n) is 6.20. The third-order valence-electron chi connectivity index (χ3n) is 4.04. The second kappa shape index (κ2) is 9.55. The van der Waals surface area contributed by atoms with Crippen LogP contribution >= 0.6 is 23.4 Å². The summed E-state index contributed by atoms with van der Waals surface area (Å²) in [5.41, 5.74) is 6.38. The van der Waals surface area contributed by atoms with Crippen molar-refractivity contribution >= 4 is 57.8 Å². The van der Waals surface area contributed by atoms with E-state index < -0.39 is 29.5 Å². The van der Waals surface area contributed by atoms with E-state index in [0.29, 0.717) is 5.69 Å². The number of ether oxygens (including phenoxy) is 1. The van der Waals surface area contributed by atoms with Gasteiger partial charge in [0.05, 0.1) is 10.6 Å². The van der Waals surface area contributed by atoms with Crippen LogP contribution in [-0.2, 0) is 14.3 Å².